The zero-order chi connectivity index (χ0) is 10.2. The molecular weight excluding hydrogens is 177 g/mol. The fourth-order valence-electron chi connectivity index (χ4n) is 2.43. The van der Waals surface area contributed by atoms with Gasteiger partial charge in [-0.2, -0.15) is 0 Å². The fourth-order valence-corrected chi connectivity index (χ4v) is 2.43. The number of nitrogens with two attached hydrogens (primary N) is 1. The van der Waals surface area contributed by atoms with E-state index < -0.39 is 0 Å². The molecule has 0 aromatic heterocycles. The molecule has 2 atom stereocenters. The van der Waals surface area contributed by atoms with Crippen LogP contribution in [-0.2, 0) is 5.41 Å². The first-order chi connectivity index (χ1) is 6.69. The molecule has 1 aromatic carbocycles. The van der Waals surface area contributed by atoms with E-state index in [9.17, 15) is 4.39 Å². The standard InChI is InChI=1S/C12H16FN/c1-9-5-6-12(9,8-14)10-3-2-4-11(13)7-10/h2-4,7,9H,5-6,8,14H2,1H3. The van der Waals surface area contributed by atoms with Crippen molar-refractivity contribution in [2.75, 3.05) is 6.54 Å². The van der Waals surface area contributed by atoms with Crippen molar-refractivity contribution in [1.82, 2.24) is 0 Å². The van der Waals surface area contributed by atoms with Crippen molar-refractivity contribution in [3.63, 3.8) is 0 Å². The number of benzene rings is 1. The van der Waals surface area contributed by atoms with E-state index >= 15 is 0 Å². The third-order valence-corrected chi connectivity index (χ3v) is 3.73. The Morgan fingerprint density at radius 2 is 2.36 bits per heavy atom. The van der Waals surface area contributed by atoms with E-state index in [0.717, 1.165) is 12.0 Å². The van der Waals surface area contributed by atoms with Crippen LogP contribution in [0.5, 0.6) is 0 Å². The van der Waals surface area contributed by atoms with Gasteiger partial charge in [0.2, 0.25) is 0 Å². The van der Waals surface area contributed by atoms with Crippen LogP contribution in [0.4, 0.5) is 4.39 Å². The van der Waals surface area contributed by atoms with Crippen molar-refractivity contribution in [3.05, 3.63) is 35.6 Å². The minimum Gasteiger partial charge on any atom is -0.330 e. The maximum absolute atomic E-state index is 13.1. The van der Waals surface area contributed by atoms with Crippen molar-refractivity contribution >= 4 is 0 Å². The van der Waals surface area contributed by atoms with Gasteiger partial charge in [-0.15, -0.1) is 0 Å². The number of halogens is 1. The van der Waals surface area contributed by atoms with Crippen LogP contribution in [0.1, 0.15) is 25.3 Å². The molecule has 1 saturated carbocycles. The first-order valence-electron chi connectivity index (χ1n) is 5.15. The van der Waals surface area contributed by atoms with Crippen LogP contribution in [0.2, 0.25) is 0 Å². The molecule has 0 heterocycles. The van der Waals surface area contributed by atoms with Crippen molar-refractivity contribution < 1.29 is 4.39 Å². The molecule has 2 N–H and O–H groups in total. The quantitative estimate of drug-likeness (QED) is 0.767. The molecule has 1 aliphatic rings. The summed E-state index contributed by atoms with van der Waals surface area (Å²) in [7, 11) is 0. The summed E-state index contributed by atoms with van der Waals surface area (Å²) in [6.07, 6.45) is 2.29. The minimum atomic E-state index is -0.158. The summed E-state index contributed by atoms with van der Waals surface area (Å²) in [6, 6.07) is 6.87. The van der Waals surface area contributed by atoms with E-state index in [2.05, 4.69) is 6.92 Å². The molecule has 76 valence electrons. The van der Waals surface area contributed by atoms with Crippen LogP contribution < -0.4 is 5.73 Å². The van der Waals surface area contributed by atoms with Gasteiger partial charge in [-0.25, -0.2) is 4.39 Å². The average Bonchev–Trinajstić information content (AvgIpc) is 2.17. The molecule has 0 radical (unpaired) electrons. The van der Waals surface area contributed by atoms with Gasteiger partial charge < -0.3 is 5.73 Å². The van der Waals surface area contributed by atoms with Gasteiger partial charge in [0.25, 0.3) is 0 Å². The van der Waals surface area contributed by atoms with Gasteiger partial charge in [-0.1, -0.05) is 19.1 Å². The molecule has 0 aliphatic heterocycles. The van der Waals surface area contributed by atoms with Gasteiger partial charge >= 0.3 is 0 Å². The summed E-state index contributed by atoms with van der Waals surface area (Å²) >= 11 is 0. The van der Waals surface area contributed by atoms with Crippen molar-refractivity contribution in [2.45, 2.75) is 25.2 Å². The molecule has 2 rings (SSSR count). The predicted octanol–water partition coefficient (Wildman–Crippen LogP) is 2.45. The molecule has 0 amide bonds. The highest BCUT2D eigenvalue weighted by molar-refractivity contribution is 5.30. The Morgan fingerprint density at radius 3 is 2.79 bits per heavy atom. The van der Waals surface area contributed by atoms with Crippen LogP contribution in [-0.4, -0.2) is 6.54 Å². The van der Waals surface area contributed by atoms with Crippen molar-refractivity contribution in [2.24, 2.45) is 11.7 Å². The first-order valence-corrected chi connectivity index (χ1v) is 5.15. The van der Waals surface area contributed by atoms with E-state index in [1.165, 1.54) is 12.5 Å². The second kappa shape index (κ2) is 3.35. The Kier molecular flexibility index (Phi) is 2.31. The van der Waals surface area contributed by atoms with E-state index in [0.29, 0.717) is 12.5 Å². The topological polar surface area (TPSA) is 26.0 Å². The molecule has 0 bridgehead atoms. The second-order valence-corrected chi connectivity index (χ2v) is 4.31. The van der Waals surface area contributed by atoms with Gasteiger partial charge in [-0.05, 0) is 36.5 Å². The van der Waals surface area contributed by atoms with Crippen LogP contribution in [0.15, 0.2) is 24.3 Å². The molecule has 2 unspecified atom stereocenters. The van der Waals surface area contributed by atoms with Crippen LogP contribution >= 0.6 is 0 Å². The smallest absolute Gasteiger partial charge is 0.123 e. The predicted molar refractivity (Wildman–Crippen MR) is 55.5 cm³/mol. The van der Waals surface area contributed by atoms with E-state index in [1.54, 1.807) is 12.1 Å². The Morgan fingerprint density at radius 1 is 1.57 bits per heavy atom. The van der Waals surface area contributed by atoms with Crippen LogP contribution in [0.3, 0.4) is 0 Å². The van der Waals surface area contributed by atoms with Gasteiger partial charge in [0.05, 0.1) is 0 Å². The number of hydrogen-bond donors (Lipinski definition) is 1. The summed E-state index contributed by atoms with van der Waals surface area (Å²) in [5, 5.41) is 0. The average molecular weight is 193 g/mol. The maximum Gasteiger partial charge on any atom is 0.123 e. The number of hydrogen-bond acceptors (Lipinski definition) is 1. The molecule has 1 aromatic rings. The van der Waals surface area contributed by atoms with Crippen molar-refractivity contribution in [3.8, 4) is 0 Å². The highest BCUT2D eigenvalue weighted by atomic mass is 19.1. The van der Waals surface area contributed by atoms with E-state index in [4.69, 9.17) is 5.73 Å². The largest absolute Gasteiger partial charge is 0.330 e. The zero-order valence-electron chi connectivity index (χ0n) is 8.46. The zero-order valence-corrected chi connectivity index (χ0v) is 8.46. The highest BCUT2D eigenvalue weighted by Gasteiger charge is 2.44. The summed E-state index contributed by atoms with van der Waals surface area (Å²) < 4.78 is 13.1. The summed E-state index contributed by atoms with van der Waals surface area (Å²) in [5.74, 6) is 0.420. The van der Waals surface area contributed by atoms with Crippen LogP contribution in [0.25, 0.3) is 0 Å². The van der Waals surface area contributed by atoms with E-state index in [-0.39, 0.29) is 11.2 Å². The second-order valence-electron chi connectivity index (χ2n) is 4.31. The summed E-state index contributed by atoms with van der Waals surface area (Å²) in [5.41, 5.74) is 6.93. The van der Waals surface area contributed by atoms with Gasteiger partial charge in [-0.3, -0.25) is 0 Å². The normalized spacial score (nSPS) is 31.2. The van der Waals surface area contributed by atoms with Gasteiger partial charge in [0.15, 0.2) is 0 Å². The molecule has 0 spiro atoms. The Labute approximate surface area is 84.1 Å². The molecule has 1 fully saturated rings. The lowest BCUT2D eigenvalue weighted by Crippen LogP contribution is -2.48. The third-order valence-electron chi connectivity index (χ3n) is 3.73. The molecule has 14 heavy (non-hydrogen) atoms. The lowest BCUT2D eigenvalue weighted by atomic mass is 9.57. The maximum atomic E-state index is 13.1. The first kappa shape index (κ1) is 9.66. The van der Waals surface area contributed by atoms with Gasteiger partial charge in [0.1, 0.15) is 5.82 Å². The molecular formula is C12H16FN. The lowest BCUT2D eigenvalue weighted by molar-refractivity contribution is 0.146. The monoisotopic (exact) mass is 193 g/mol. The molecule has 2 heteroatoms. The number of rotatable bonds is 2. The summed E-state index contributed by atoms with van der Waals surface area (Å²) in [6.45, 7) is 2.82. The SMILES string of the molecule is CC1CCC1(CN)c1cccc(F)c1. The molecule has 1 aliphatic carbocycles. The van der Waals surface area contributed by atoms with Gasteiger partial charge in [0, 0.05) is 12.0 Å². The fraction of sp³-hybridized carbons (Fsp3) is 0.500. The highest BCUT2D eigenvalue weighted by Crippen LogP contribution is 2.47. The molecule has 1 nitrogen and oxygen atoms in total. The Bertz CT molecular complexity index is 333. The minimum absolute atomic E-state index is 0.0437. The summed E-state index contributed by atoms with van der Waals surface area (Å²) in [4.78, 5) is 0. The third kappa shape index (κ3) is 1.25. The van der Waals surface area contributed by atoms with Crippen molar-refractivity contribution in [1.29, 1.82) is 0 Å². The molecule has 0 saturated heterocycles. The lowest BCUT2D eigenvalue weighted by Gasteiger charge is -2.48. The Hall–Kier alpha value is -0.890. The van der Waals surface area contributed by atoms with E-state index in [1.807, 2.05) is 6.07 Å². The Balaban J connectivity index is 2.37. The van der Waals surface area contributed by atoms with Crippen LogP contribution in [0, 0.1) is 11.7 Å².